The highest BCUT2D eigenvalue weighted by Gasteiger charge is 2.44. The zero-order valence-corrected chi connectivity index (χ0v) is 14.1. The van der Waals surface area contributed by atoms with Gasteiger partial charge in [-0.3, -0.25) is 14.9 Å². The number of rotatable bonds is 3. The Morgan fingerprint density at radius 1 is 0.913 bits per heavy atom. The maximum Gasteiger partial charge on any atom is 0.332 e. The van der Waals surface area contributed by atoms with E-state index in [1.54, 1.807) is 24.3 Å². The van der Waals surface area contributed by atoms with Gasteiger partial charge in [-0.15, -0.1) is 0 Å². The number of amides is 4. The summed E-state index contributed by atoms with van der Waals surface area (Å²) in [5.41, 5.74) is 1.39. The monoisotopic (exact) mass is 420 g/mol. The first-order valence-corrected chi connectivity index (χ1v) is 8.26. The number of hydrogen-bond acceptors (Lipinski definition) is 3. The second kappa shape index (κ2) is 6.49. The van der Waals surface area contributed by atoms with Crippen LogP contribution in [0.25, 0.3) is 0 Å². The number of imide groups is 2. The number of hydrogen-bond donors (Lipinski definition) is 1. The number of urea groups is 1. The second-order valence-electron chi connectivity index (χ2n) is 5.09. The fourth-order valence-corrected chi connectivity index (χ4v) is 3.45. The normalized spacial score (nSPS) is 19.4. The molecule has 0 saturated carbocycles. The van der Waals surface area contributed by atoms with E-state index >= 15 is 0 Å². The Morgan fingerprint density at radius 2 is 1.48 bits per heavy atom. The number of carbonyl (C=O) groups excluding carboxylic acids is 3. The lowest BCUT2D eigenvalue weighted by Gasteiger charge is -2.33. The molecule has 6 heteroatoms. The van der Waals surface area contributed by atoms with Crippen LogP contribution in [0, 0.1) is 0 Å². The summed E-state index contributed by atoms with van der Waals surface area (Å²) in [4.78, 5) is 38.2. The number of carbonyl (C=O) groups is 3. The molecule has 0 bridgehead atoms. The van der Waals surface area contributed by atoms with Crippen LogP contribution in [0.15, 0.2) is 60.7 Å². The van der Waals surface area contributed by atoms with Crippen molar-refractivity contribution in [3.05, 3.63) is 71.8 Å². The Morgan fingerprint density at radius 3 is 2.09 bits per heavy atom. The van der Waals surface area contributed by atoms with Gasteiger partial charge in [0.25, 0.3) is 0 Å². The lowest BCUT2D eigenvalue weighted by Crippen LogP contribution is -2.56. The molecule has 0 aromatic heterocycles. The zero-order chi connectivity index (χ0) is 16.4. The van der Waals surface area contributed by atoms with Crippen LogP contribution >= 0.6 is 22.6 Å². The summed E-state index contributed by atoms with van der Waals surface area (Å²) >= 11 is 2.03. The molecule has 23 heavy (non-hydrogen) atoms. The van der Waals surface area contributed by atoms with Gasteiger partial charge in [0, 0.05) is 0 Å². The molecule has 4 amide bonds. The molecule has 2 atom stereocenters. The third-order valence-electron chi connectivity index (χ3n) is 3.63. The van der Waals surface area contributed by atoms with Gasteiger partial charge in [0.05, 0.1) is 0 Å². The first-order valence-electron chi connectivity index (χ1n) is 7.01. The Balaban J connectivity index is 1.96. The fraction of sp³-hybridized carbons (Fsp3) is 0.118. The SMILES string of the molecule is O=C1NC(=O)N(C(I)c2ccccc2)C(=O)C1c1ccccc1. The van der Waals surface area contributed by atoms with E-state index in [4.69, 9.17) is 0 Å². The highest BCUT2D eigenvalue weighted by Crippen LogP contribution is 2.33. The summed E-state index contributed by atoms with van der Waals surface area (Å²) in [6.07, 6.45) is 0. The Kier molecular flexibility index (Phi) is 4.42. The van der Waals surface area contributed by atoms with E-state index in [-0.39, 0.29) is 0 Å². The Labute approximate surface area is 146 Å². The van der Waals surface area contributed by atoms with Crippen molar-refractivity contribution in [3.63, 3.8) is 0 Å². The van der Waals surface area contributed by atoms with Gasteiger partial charge in [0.15, 0.2) is 0 Å². The van der Waals surface area contributed by atoms with Crippen molar-refractivity contribution in [1.82, 2.24) is 10.2 Å². The van der Waals surface area contributed by atoms with Crippen molar-refractivity contribution in [2.45, 2.75) is 9.97 Å². The molecule has 1 heterocycles. The summed E-state index contributed by atoms with van der Waals surface area (Å²) in [7, 11) is 0. The highest BCUT2D eigenvalue weighted by molar-refractivity contribution is 14.1. The summed E-state index contributed by atoms with van der Waals surface area (Å²) in [6, 6.07) is 17.3. The third-order valence-corrected chi connectivity index (χ3v) is 4.91. The number of halogens is 1. The van der Waals surface area contributed by atoms with Gasteiger partial charge in [-0.05, 0) is 11.1 Å². The number of benzene rings is 2. The van der Waals surface area contributed by atoms with Gasteiger partial charge in [0.2, 0.25) is 11.8 Å². The van der Waals surface area contributed by atoms with E-state index in [0.717, 1.165) is 10.5 Å². The molecule has 1 aliphatic heterocycles. The summed E-state index contributed by atoms with van der Waals surface area (Å²) in [6.45, 7) is 0. The van der Waals surface area contributed by atoms with Crippen LogP contribution in [-0.4, -0.2) is 22.7 Å². The van der Waals surface area contributed by atoms with Crippen molar-refractivity contribution >= 4 is 40.4 Å². The topological polar surface area (TPSA) is 66.5 Å². The molecule has 0 spiro atoms. The van der Waals surface area contributed by atoms with Crippen molar-refractivity contribution in [1.29, 1.82) is 0 Å². The van der Waals surface area contributed by atoms with Gasteiger partial charge >= 0.3 is 6.03 Å². The Hall–Kier alpha value is -2.22. The molecule has 1 aliphatic rings. The van der Waals surface area contributed by atoms with E-state index in [1.807, 2.05) is 59.0 Å². The zero-order valence-electron chi connectivity index (χ0n) is 12.0. The van der Waals surface area contributed by atoms with E-state index in [0.29, 0.717) is 5.56 Å². The maximum absolute atomic E-state index is 12.8. The number of alkyl halides is 1. The predicted octanol–water partition coefficient (Wildman–Crippen LogP) is 2.98. The molecule has 116 valence electrons. The molecule has 1 fully saturated rings. The van der Waals surface area contributed by atoms with Crippen LogP contribution in [0.5, 0.6) is 0 Å². The molecule has 1 saturated heterocycles. The van der Waals surface area contributed by atoms with Crippen molar-refractivity contribution < 1.29 is 14.4 Å². The smallest absolute Gasteiger partial charge is 0.277 e. The van der Waals surface area contributed by atoms with Crippen molar-refractivity contribution in [2.24, 2.45) is 0 Å². The molecule has 0 radical (unpaired) electrons. The van der Waals surface area contributed by atoms with Crippen LogP contribution < -0.4 is 5.32 Å². The highest BCUT2D eigenvalue weighted by atomic mass is 127. The van der Waals surface area contributed by atoms with Gasteiger partial charge in [-0.25, -0.2) is 9.69 Å². The van der Waals surface area contributed by atoms with Crippen LogP contribution in [-0.2, 0) is 9.59 Å². The summed E-state index contributed by atoms with van der Waals surface area (Å²) in [5.74, 6) is -2.10. The van der Waals surface area contributed by atoms with Gasteiger partial charge in [-0.1, -0.05) is 83.3 Å². The van der Waals surface area contributed by atoms with Crippen molar-refractivity contribution in [3.8, 4) is 0 Å². The number of barbiturate groups is 1. The van der Waals surface area contributed by atoms with Gasteiger partial charge in [-0.2, -0.15) is 0 Å². The summed E-state index contributed by atoms with van der Waals surface area (Å²) in [5, 5.41) is 2.28. The first kappa shape index (κ1) is 15.7. The standard InChI is InChI=1S/C17H13IN2O3/c18-14(12-9-5-2-6-10-12)20-16(22)13(15(21)19-17(20)23)11-7-3-1-4-8-11/h1-10,13-14H,(H,19,21,23). The number of nitrogens with zero attached hydrogens (tertiary/aromatic N) is 1. The minimum absolute atomic E-state index is 0.486. The van der Waals surface area contributed by atoms with E-state index < -0.39 is 27.8 Å². The Bertz CT molecular complexity index is 749. The van der Waals surface area contributed by atoms with E-state index in [9.17, 15) is 14.4 Å². The van der Waals surface area contributed by atoms with Gasteiger partial charge in [0.1, 0.15) is 9.97 Å². The number of nitrogens with one attached hydrogen (secondary N) is 1. The molecule has 2 aromatic rings. The molecule has 2 aromatic carbocycles. The average Bonchev–Trinajstić information content (AvgIpc) is 2.56. The molecular weight excluding hydrogens is 407 g/mol. The quantitative estimate of drug-likeness (QED) is 0.360. The molecule has 5 nitrogen and oxygen atoms in total. The third kappa shape index (κ3) is 2.98. The van der Waals surface area contributed by atoms with Crippen molar-refractivity contribution in [2.75, 3.05) is 0 Å². The van der Waals surface area contributed by atoms with Gasteiger partial charge < -0.3 is 0 Å². The molecular formula is C17H13IN2O3. The molecule has 2 unspecified atom stereocenters. The molecule has 0 aliphatic carbocycles. The average molecular weight is 420 g/mol. The predicted molar refractivity (Wildman–Crippen MR) is 92.8 cm³/mol. The molecule has 1 N–H and O–H groups in total. The minimum atomic E-state index is -1.00. The largest absolute Gasteiger partial charge is 0.332 e. The molecule has 3 rings (SSSR count). The summed E-state index contributed by atoms with van der Waals surface area (Å²) < 4.78 is -0.486. The van der Waals surface area contributed by atoms with Crippen LogP contribution in [0.1, 0.15) is 21.1 Å². The first-order chi connectivity index (χ1) is 11.1. The van der Waals surface area contributed by atoms with Crippen LogP contribution in [0.3, 0.4) is 0 Å². The second-order valence-corrected chi connectivity index (χ2v) is 6.27. The lowest BCUT2D eigenvalue weighted by molar-refractivity contribution is -0.139. The van der Waals surface area contributed by atoms with E-state index in [2.05, 4.69) is 5.32 Å². The fourth-order valence-electron chi connectivity index (χ4n) is 2.50. The minimum Gasteiger partial charge on any atom is -0.277 e. The van der Waals surface area contributed by atoms with Crippen LogP contribution in [0.2, 0.25) is 0 Å². The van der Waals surface area contributed by atoms with Crippen LogP contribution in [0.4, 0.5) is 4.79 Å². The van der Waals surface area contributed by atoms with E-state index in [1.165, 1.54) is 0 Å². The maximum atomic E-state index is 12.8. The lowest BCUT2D eigenvalue weighted by atomic mass is 9.95.